The van der Waals surface area contributed by atoms with Crippen LogP contribution in [0.15, 0.2) is 66.5 Å². The zero-order valence-electron chi connectivity index (χ0n) is 21.4. The highest BCUT2D eigenvalue weighted by molar-refractivity contribution is 5.99. The van der Waals surface area contributed by atoms with Gasteiger partial charge in [0.2, 0.25) is 0 Å². The molecule has 194 valence electrons. The van der Waals surface area contributed by atoms with Gasteiger partial charge in [-0.05, 0) is 31.2 Å². The monoisotopic (exact) mass is 513 g/mol. The van der Waals surface area contributed by atoms with Gasteiger partial charge in [-0.3, -0.25) is 4.79 Å². The van der Waals surface area contributed by atoms with Crippen LogP contribution in [0.5, 0.6) is 11.5 Å². The Hall–Kier alpha value is -4.78. The van der Waals surface area contributed by atoms with Gasteiger partial charge >= 0.3 is 0 Å². The normalized spacial score (nSPS) is 13.3. The van der Waals surface area contributed by atoms with Crippen LogP contribution in [0.2, 0.25) is 0 Å². The Balaban J connectivity index is 0.00000107. The molecule has 5 rings (SSSR count). The standard InChI is InChI=1S/C25H20FN7O2.C3H8/c1-2-15(11-27)25(34)32-12-16(13-32)33-24-21(23(28)29-14-30-24)22(31-33)19-9-8-18(10-20(19)26)35-17-6-4-3-5-7-17;1-3-2/h2-10,14,16H,12-13H2,1H3,(H2,28,29,30);3H2,1-2H3/b15-2+;. The third kappa shape index (κ3) is 5.18. The number of likely N-dealkylation sites (tertiary alicyclic amines) is 1. The van der Waals surface area contributed by atoms with E-state index in [0.717, 1.165) is 0 Å². The van der Waals surface area contributed by atoms with Crippen LogP contribution in [0, 0.1) is 17.1 Å². The Morgan fingerprint density at radius 3 is 2.53 bits per heavy atom. The summed E-state index contributed by atoms with van der Waals surface area (Å²) in [7, 11) is 0. The summed E-state index contributed by atoms with van der Waals surface area (Å²) in [6, 6.07) is 15.3. The molecule has 0 bridgehead atoms. The van der Waals surface area contributed by atoms with Crippen LogP contribution in [0.3, 0.4) is 0 Å². The first-order valence-corrected chi connectivity index (χ1v) is 12.3. The van der Waals surface area contributed by atoms with Crippen molar-refractivity contribution in [2.45, 2.75) is 33.2 Å². The second kappa shape index (κ2) is 11.5. The third-order valence-electron chi connectivity index (χ3n) is 5.83. The van der Waals surface area contributed by atoms with Crippen LogP contribution in [-0.4, -0.2) is 43.6 Å². The third-order valence-corrected chi connectivity index (χ3v) is 5.83. The Morgan fingerprint density at radius 1 is 1.18 bits per heavy atom. The summed E-state index contributed by atoms with van der Waals surface area (Å²) in [6.45, 7) is 6.57. The SMILES string of the molecule is C/C=C(\C#N)C(=O)N1CC(n2nc(-c3ccc(Oc4ccccc4)cc3F)c3c(N)ncnc32)C1.CCC. The van der Waals surface area contributed by atoms with Gasteiger partial charge in [0, 0.05) is 24.7 Å². The minimum atomic E-state index is -0.537. The lowest BCUT2D eigenvalue weighted by molar-refractivity contribution is -0.132. The van der Waals surface area contributed by atoms with Gasteiger partial charge in [0.25, 0.3) is 5.91 Å². The summed E-state index contributed by atoms with van der Waals surface area (Å²) in [5.74, 6) is 0.236. The number of benzene rings is 2. The van der Waals surface area contributed by atoms with Gasteiger partial charge in [0.05, 0.1) is 11.4 Å². The van der Waals surface area contributed by atoms with Crippen molar-refractivity contribution in [3.05, 3.63) is 72.3 Å². The van der Waals surface area contributed by atoms with Gasteiger partial charge in [0.1, 0.15) is 46.8 Å². The quantitative estimate of drug-likeness (QED) is 0.285. The smallest absolute Gasteiger partial charge is 0.264 e. The number of nitrogen functional groups attached to an aromatic ring is 1. The highest BCUT2D eigenvalue weighted by atomic mass is 19.1. The number of nitriles is 1. The van der Waals surface area contributed by atoms with E-state index in [0.29, 0.717) is 41.3 Å². The molecule has 0 radical (unpaired) electrons. The molecule has 1 aliphatic heterocycles. The molecule has 1 fully saturated rings. The largest absolute Gasteiger partial charge is 0.457 e. The molecule has 38 heavy (non-hydrogen) atoms. The molecule has 2 N–H and O–H groups in total. The second-order valence-corrected chi connectivity index (χ2v) is 8.69. The predicted octanol–water partition coefficient (Wildman–Crippen LogP) is 5.28. The summed E-state index contributed by atoms with van der Waals surface area (Å²) in [6.07, 6.45) is 4.06. The fourth-order valence-electron chi connectivity index (χ4n) is 4.00. The highest BCUT2D eigenvalue weighted by Gasteiger charge is 2.36. The van der Waals surface area contributed by atoms with Crippen LogP contribution >= 0.6 is 0 Å². The Bertz CT molecular complexity index is 1520. The molecule has 0 aliphatic carbocycles. The number of halogens is 1. The van der Waals surface area contributed by atoms with Crippen molar-refractivity contribution < 1.29 is 13.9 Å². The molecule has 0 unspecified atom stereocenters. The van der Waals surface area contributed by atoms with E-state index in [4.69, 9.17) is 15.7 Å². The van der Waals surface area contributed by atoms with Crippen molar-refractivity contribution in [3.8, 4) is 28.8 Å². The van der Waals surface area contributed by atoms with Crippen molar-refractivity contribution >= 4 is 22.8 Å². The molecule has 4 aromatic rings. The van der Waals surface area contributed by atoms with Gasteiger partial charge < -0.3 is 15.4 Å². The van der Waals surface area contributed by atoms with Gasteiger partial charge in [-0.2, -0.15) is 10.4 Å². The molecule has 2 aromatic carbocycles. The van der Waals surface area contributed by atoms with E-state index in [2.05, 4.69) is 28.9 Å². The molecule has 1 amide bonds. The average Bonchev–Trinajstić information content (AvgIpc) is 3.25. The highest BCUT2D eigenvalue weighted by Crippen LogP contribution is 2.36. The van der Waals surface area contributed by atoms with Crippen LogP contribution in [-0.2, 0) is 4.79 Å². The van der Waals surface area contributed by atoms with Crippen LogP contribution < -0.4 is 10.5 Å². The van der Waals surface area contributed by atoms with Crippen LogP contribution in [0.1, 0.15) is 33.2 Å². The molecule has 0 atom stereocenters. The molecule has 1 aliphatic rings. The van der Waals surface area contributed by atoms with Crippen LogP contribution in [0.4, 0.5) is 10.2 Å². The van der Waals surface area contributed by atoms with Gasteiger partial charge in [-0.1, -0.05) is 44.5 Å². The maximum Gasteiger partial charge on any atom is 0.264 e. The molecular weight excluding hydrogens is 485 g/mol. The molecule has 0 saturated carbocycles. The maximum atomic E-state index is 15.2. The minimum absolute atomic E-state index is 0.0842. The first-order valence-electron chi connectivity index (χ1n) is 12.3. The van der Waals surface area contributed by atoms with Crippen molar-refractivity contribution in [1.82, 2.24) is 24.6 Å². The number of allylic oxidation sites excluding steroid dienone is 1. The van der Waals surface area contributed by atoms with Crippen molar-refractivity contribution in [2.75, 3.05) is 18.8 Å². The molecule has 3 heterocycles. The minimum Gasteiger partial charge on any atom is -0.457 e. The number of hydrogen-bond donors (Lipinski definition) is 1. The summed E-state index contributed by atoms with van der Waals surface area (Å²) in [4.78, 5) is 22.4. The van der Waals surface area contributed by atoms with E-state index in [-0.39, 0.29) is 28.9 Å². The Kier molecular flexibility index (Phi) is 7.97. The number of nitrogens with zero attached hydrogens (tertiary/aromatic N) is 6. The number of para-hydroxylation sites is 1. The van der Waals surface area contributed by atoms with Crippen molar-refractivity contribution in [2.24, 2.45) is 0 Å². The number of carbonyl (C=O) groups is 1. The fourth-order valence-corrected chi connectivity index (χ4v) is 4.00. The molecule has 0 spiro atoms. The molecule has 2 aromatic heterocycles. The summed E-state index contributed by atoms with van der Waals surface area (Å²) >= 11 is 0. The maximum absolute atomic E-state index is 15.2. The van der Waals surface area contributed by atoms with E-state index in [9.17, 15) is 4.79 Å². The first kappa shape index (κ1) is 26.3. The first-order chi connectivity index (χ1) is 18.4. The Labute approximate surface area is 220 Å². The predicted molar refractivity (Wildman–Crippen MR) is 143 cm³/mol. The van der Waals surface area contributed by atoms with E-state index in [1.165, 1.54) is 24.9 Å². The molecular formula is C28H28FN7O2. The average molecular weight is 514 g/mol. The summed E-state index contributed by atoms with van der Waals surface area (Å²) < 4.78 is 22.6. The summed E-state index contributed by atoms with van der Waals surface area (Å²) in [5.41, 5.74) is 7.20. The van der Waals surface area contributed by atoms with Gasteiger partial charge in [0.15, 0.2) is 5.65 Å². The zero-order chi connectivity index (χ0) is 27.2. The lowest BCUT2D eigenvalue weighted by Gasteiger charge is -2.39. The Morgan fingerprint density at radius 2 is 1.89 bits per heavy atom. The van der Waals surface area contributed by atoms with Gasteiger partial charge in [-0.25, -0.2) is 19.0 Å². The lowest BCUT2D eigenvalue weighted by Crippen LogP contribution is -2.51. The summed E-state index contributed by atoms with van der Waals surface area (Å²) in [5, 5.41) is 14.2. The zero-order valence-corrected chi connectivity index (χ0v) is 21.4. The van der Waals surface area contributed by atoms with E-state index >= 15 is 4.39 Å². The number of aromatic nitrogens is 4. The number of fused-ring (bicyclic) bond motifs is 1. The van der Waals surface area contributed by atoms with E-state index in [1.54, 1.807) is 40.8 Å². The number of rotatable bonds is 5. The topological polar surface area (TPSA) is 123 Å². The number of hydrogen-bond acceptors (Lipinski definition) is 7. The van der Waals surface area contributed by atoms with Gasteiger partial charge in [-0.15, -0.1) is 0 Å². The van der Waals surface area contributed by atoms with Crippen molar-refractivity contribution in [3.63, 3.8) is 0 Å². The molecule has 10 heteroatoms. The number of amides is 1. The number of nitrogens with two attached hydrogens (primary N) is 1. The number of anilines is 1. The van der Waals surface area contributed by atoms with Crippen molar-refractivity contribution in [1.29, 1.82) is 5.26 Å². The number of carbonyl (C=O) groups excluding carboxylic acids is 1. The second-order valence-electron chi connectivity index (χ2n) is 8.69. The van der Waals surface area contributed by atoms with Crippen LogP contribution in [0.25, 0.3) is 22.3 Å². The lowest BCUT2D eigenvalue weighted by atomic mass is 10.1. The molecule has 1 saturated heterocycles. The fraction of sp³-hybridized carbons (Fsp3) is 0.250. The van der Waals surface area contributed by atoms with E-state index < -0.39 is 5.82 Å². The molecule has 9 nitrogen and oxygen atoms in total. The number of ether oxygens (including phenoxy) is 1. The van der Waals surface area contributed by atoms with E-state index in [1.807, 2.05) is 24.3 Å².